The molecule has 106 valence electrons. The summed E-state index contributed by atoms with van der Waals surface area (Å²) < 4.78 is 0. The molecular formula is C11H14N6O3. The van der Waals surface area contributed by atoms with Gasteiger partial charge in [0.25, 0.3) is 11.5 Å². The molecule has 0 atom stereocenters. The Balaban J connectivity index is 2.51. The third-order valence-corrected chi connectivity index (χ3v) is 1.96. The first-order valence-electron chi connectivity index (χ1n) is 5.58. The molecule has 0 fully saturated rings. The van der Waals surface area contributed by atoms with Crippen LogP contribution < -0.4 is 22.0 Å². The van der Waals surface area contributed by atoms with Gasteiger partial charge in [-0.05, 0) is 13.0 Å². The number of carbonyl (C=O) groups excluding carboxylic acids is 1. The molecule has 9 nitrogen and oxygen atoms in total. The molecule has 0 aliphatic carbocycles. The molecule has 1 rings (SSSR count). The largest absolute Gasteiger partial charge is 0.355 e. The lowest BCUT2D eigenvalue weighted by atomic mass is 10.4. The Hall–Kier alpha value is -2.97. The van der Waals surface area contributed by atoms with Gasteiger partial charge in [0.15, 0.2) is 0 Å². The van der Waals surface area contributed by atoms with Crippen LogP contribution in [0.25, 0.3) is 0 Å². The van der Waals surface area contributed by atoms with Gasteiger partial charge in [-0.3, -0.25) is 14.6 Å². The highest BCUT2D eigenvalue weighted by Crippen LogP contribution is 1.85. The number of aromatic nitrogens is 3. The molecule has 0 saturated carbocycles. The molecule has 1 heterocycles. The molecule has 9 heteroatoms. The van der Waals surface area contributed by atoms with Crippen LogP contribution in [0.15, 0.2) is 39.5 Å². The Morgan fingerprint density at radius 2 is 2.25 bits per heavy atom. The van der Waals surface area contributed by atoms with Gasteiger partial charge < -0.3 is 5.32 Å². The van der Waals surface area contributed by atoms with E-state index in [1.165, 1.54) is 0 Å². The van der Waals surface area contributed by atoms with Crippen LogP contribution in [0.4, 0.5) is 5.82 Å². The van der Waals surface area contributed by atoms with Gasteiger partial charge in [0, 0.05) is 0 Å². The van der Waals surface area contributed by atoms with Crippen molar-refractivity contribution in [2.45, 2.75) is 6.92 Å². The Kier molecular flexibility index (Phi) is 5.63. The summed E-state index contributed by atoms with van der Waals surface area (Å²) in [6.45, 7) is 4.98. The Morgan fingerprint density at radius 3 is 2.90 bits per heavy atom. The van der Waals surface area contributed by atoms with E-state index < -0.39 is 17.2 Å². The van der Waals surface area contributed by atoms with E-state index in [0.717, 1.165) is 0 Å². The van der Waals surface area contributed by atoms with Gasteiger partial charge in [-0.25, -0.2) is 15.3 Å². The summed E-state index contributed by atoms with van der Waals surface area (Å²) >= 11 is 0. The summed E-state index contributed by atoms with van der Waals surface area (Å²) in [5.74, 6) is -0.629. The summed E-state index contributed by atoms with van der Waals surface area (Å²) in [5.41, 5.74) is 1.43. The first-order valence-corrected chi connectivity index (χ1v) is 5.58. The van der Waals surface area contributed by atoms with Gasteiger partial charge in [0.05, 0.1) is 12.3 Å². The van der Waals surface area contributed by atoms with Crippen LogP contribution in [-0.4, -0.2) is 33.3 Å². The molecule has 0 bridgehead atoms. The topological polar surface area (TPSA) is 132 Å². The minimum absolute atomic E-state index is 0.160. The zero-order chi connectivity index (χ0) is 15.0. The van der Waals surface area contributed by atoms with Crippen LogP contribution in [0.5, 0.6) is 0 Å². The number of rotatable bonds is 6. The average Bonchev–Trinajstić information content (AvgIpc) is 2.41. The summed E-state index contributed by atoms with van der Waals surface area (Å²) in [5, 5.41) is 11.7. The predicted octanol–water partition coefficient (Wildman–Crippen LogP) is -0.896. The number of amides is 1. The normalized spacial score (nSPS) is 11.3. The zero-order valence-electron chi connectivity index (χ0n) is 10.8. The number of aromatic amines is 2. The standard InChI is InChI=1S/C11H14N6O3/c1-3-4-5-7(2)14-15-8(18)6-12-9-10(19)13-11(20)17-16-9/h3-5H,1,6H2,2H3,(H,12,16)(H,15,18)(H2,13,17,19,20)/b5-4+,14-7-. The molecule has 1 amide bonds. The Labute approximate surface area is 113 Å². The first kappa shape index (κ1) is 15.1. The quantitative estimate of drug-likeness (QED) is 0.304. The maximum absolute atomic E-state index is 11.4. The SMILES string of the molecule is C=C/C=C/C(C)=N\NC(=O)CNc1n[nH]c(=O)[nH]c1=O. The van der Waals surface area contributed by atoms with Crippen LogP contribution in [0, 0.1) is 0 Å². The monoisotopic (exact) mass is 278 g/mol. The molecule has 1 aromatic rings. The summed E-state index contributed by atoms with van der Waals surface area (Å²) in [7, 11) is 0. The number of hydrazone groups is 1. The zero-order valence-corrected chi connectivity index (χ0v) is 10.8. The van der Waals surface area contributed by atoms with Crippen molar-refractivity contribution in [3.05, 3.63) is 45.6 Å². The maximum Gasteiger partial charge on any atom is 0.342 e. The van der Waals surface area contributed by atoms with Gasteiger partial charge in [-0.15, -0.1) is 5.10 Å². The first-order chi connectivity index (χ1) is 9.52. The highest BCUT2D eigenvalue weighted by molar-refractivity contribution is 5.94. The van der Waals surface area contributed by atoms with E-state index >= 15 is 0 Å². The Morgan fingerprint density at radius 1 is 1.50 bits per heavy atom. The van der Waals surface area contributed by atoms with Crippen LogP contribution in [0.3, 0.4) is 0 Å². The number of anilines is 1. The fourth-order valence-corrected chi connectivity index (χ4v) is 1.07. The second-order valence-electron chi connectivity index (χ2n) is 3.59. The molecule has 0 spiro atoms. The number of nitrogens with zero attached hydrogens (tertiary/aromatic N) is 2. The molecular weight excluding hydrogens is 264 g/mol. The number of carbonyl (C=O) groups is 1. The molecule has 0 unspecified atom stereocenters. The fourth-order valence-electron chi connectivity index (χ4n) is 1.07. The van der Waals surface area contributed by atoms with E-state index in [4.69, 9.17) is 0 Å². The van der Waals surface area contributed by atoms with Crippen molar-refractivity contribution in [1.82, 2.24) is 20.6 Å². The van der Waals surface area contributed by atoms with Crippen molar-refractivity contribution in [3.8, 4) is 0 Å². The molecule has 1 aromatic heterocycles. The highest BCUT2D eigenvalue weighted by Gasteiger charge is 2.04. The van der Waals surface area contributed by atoms with Crippen LogP contribution in [0.1, 0.15) is 6.92 Å². The number of H-pyrrole nitrogens is 2. The predicted molar refractivity (Wildman–Crippen MR) is 74.6 cm³/mol. The van der Waals surface area contributed by atoms with Crippen molar-refractivity contribution in [1.29, 1.82) is 0 Å². The van der Waals surface area contributed by atoms with Gasteiger partial charge >= 0.3 is 5.69 Å². The van der Waals surface area contributed by atoms with Gasteiger partial charge in [0.1, 0.15) is 0 Å². The van der Waals surface area contributed by atoms with Gasteiger partial charge in [-0.1, -0.05) is 18.7 Å². The summed E-state index contributed by atoms with van der Waals surface area (Å²) in [4.78, 5) is 35.4. The molecule has 4 N–H and O–H groups in total. The minimum atomic E-state index is -0.723. The number of allylic oxidation sites excluding steroid dienone is 3. The van der Waals surface area contributed by atoms with Crippen molar-refractivity contribution in [3.63, 3.8) is 0 Å². The lowest BCUT2D eigenvalue weighted by molar-refractivity contribution is -0.119. The highest BCUT2D eigenvalue weighted by atomic mass is 16.2. The third kappa shape index (κ3) is 5.12. The van der Waals surface area contributed by atoms with E-state index in [0.29, 0.717) is 5.71 Å². The smallest absolute Gasteiger partial charge is 0.342 e. The number of hydrogen-bond donors (Lipinski definition) is 4. The third-order valence-electron chi connectivity index (χ3n) is 1.96. The van der Waals surface area contributed by atoms with Crippen molar-refractivity contribution < 1.29 is 4.79 Å². The average molecular weight is 278 g/mol. The maximum atomic E-state index is 11.4. The second-order valence-corrected chi connectivity index (χ2v) is 3.59. The second kappa shape index (κ2) is 7.46. The van der Waals surface area contributed by atoms with Crippen LogP contribution >= 0.6 is 0 Å². The fraction of sp³-hybridized carbons (Fsp3) is 0.182. The van der Waals surface area contributed by atoms with E-state index in [9.17, 15) is 14.4 Å². The van der Waals surface area contributed by atoms with Crippen LogP contribution in [-0.2, 0) is 4.79 Å². The molecule has 0 radical (unpaired) electrons. The van der Waals surface area contributed by atoms with E-state index in [1.54, 1.807) is 25.2 Å². The summed E-state index contributed by atoms with van der Waals surface area (Å²) in [6.07, 6.45) is 4.92. The lowest BCUT2D eigenvalue weighted by Gasteiger charge is -2.02. The van der Waals surface area contributed by atoms with E-state index in [2.05, 4.69) is 27.5 Å². The van der Waals surface area contributed by atoms with E-state index in [1.807, 2.05) is 10.1 Å². The van der Waals surface area contributed by atoms with Crippen LogP contribution in [0.2, 0.25) is 0 Å². The van der Waals surface area contributed by atoms with Crippen molar-refractivity contribution in [2.75, 3.05) is 11.9 Å². The van der Waals surface area contributed by atoms with E-state index in [-0.39, 0.29) is 12.4 Å². The Bertz CT molecular complexity index is 655. The molecule has 0 aliphatic heterocycles. The number of hydrogen-bond acceptors (Lipinski definition) is 6. The number of nitrogens with one attached hydrogen (secondary N) is 4. The van der Waals surface area contributed by atoms with Gasteiger partial charge in [0.2, 0.25) is 5.82 Å². The van der Waals surface area contributed by atoms with Crippen molar-refractivity contribution >= 4 is 17.4 Å². The minimum Gasteiger partial charge on any atom is -0.355 e. The lowest BCUT2D eigenvalue weighted by Crippen LogP contribution is -2.31. The van der Waals surface area contributed by atoms with Gasteiger partial charge in [-0.2, -0.15) is 5.10 Å². The molecule has 20 heavy (non-hydrogen) atoms. The molecule has 0 saturated heterocycles. The summed E-state index contributed by atoms with van der Waals surface area (Å²) in [6, 6.07) is 0. The molecule has 0 aromatic carbocycles. The van der Waals surface area contributed by atoms with Crippen molar-refractivity contribution in [2.24, 2.45) is 5.10 Å². The molecule has 0 aliphatic rings.